The van der Waals surface area contributed by atoms with Gasteiger partial charge in [0.2, 0.25) is 29.5 Å². The number of halogens is 1. The number of likely N-dealkylation sites (tertiary alicyclic amines) is 1. The molecule has 1 heterocycles. The topological polar surface area (TPSA) is 180 Å². The summed E-state index contributed by atoms with van der Waals surface area (Å²) in [5.74, 6) is -3.67. The highest BCUT2D eigenvalue weighted by molar-refractivity contribution is 6.28. The molecule has 0 bridgehead atoms. The summed E-state index contributed by atoms with van der Waals surface area (Å²) in [4.78, 5) is 87.8. The van der Waals surface area contributed by atoms with Crippen molar-refractivity contribution in [1.82, 2.24) is 26.2 Å². The van der Waals surface area contributed by atoms with Crippen LogP contribution in [0.5, 0.6) is 0 Å². The summed E-state index contributed by atoms with van der Waals surface area (Å²) >= 11 is 5.70. The Labute approximate surface area is 239 Å². The molecule has 1 aliphatic rings. The third-order valence-electron chi connectivity index (χ3n) is 6.42. The maximum atomic E-state index is 13.1. The van der Waals surface area contributed by atoms with Crippen molar-refractivity contribution < 1.29 is 38.3 Å². The van der Waals surface area contributed by atoms with Gasteiger partial charge in [-0.3, -0.25) is 33.6 Å². The second kappa shape index (κ2) is 16.8. The zero-order valence-electron chi connectivity index (χ0n) is 24.0. The first-order chi connectivity index (χ1) is 18.7. The number of esters is 1. The van der Waals surface area contributed by atoms with Gasteiger partial charge in [-0.15, -0.1) is 11.6 Å². The van der Waals surface area contributed by atoms with Crippen molar-refractivity contribution in [2.45, 2.75) is 96.9 Å². The van der Waals surface area contributed by atoms with Gasteiger partial charge in [-0.05, 0) is 46.0 Å². The Balaban J connectivity index is 2.67. The molecule has 5 atom stereocenters. The second-order valence-electron chi connectivity index (χ2n) is 10.3. The highest BCUT2D eigenvalue weighted by atomic mass is 35.5. The molecule has 13 nitrogen and oxygen atoms in total. The van der Waals surface area contributed by atoms with Crippen molar-refractivity contribution >= 4 is 52.9 Å². The van der Waals surface area contributed by atoms with E-state index in [-0.39, 0.29) is 30.4 Å². The van der Waals surface area contributed by atoms with Gasteiger partial charge in [0.05, 0.1) is 25.5 Å². The number of ketones is 1. The van der Waals surface area contributed by atoms with E-state index in [0.29, 0.717) is 25.8 Å². The van der Waals surface area contributed by atoms with Gasteiger partial charge in [0.15, 0.2) is 5.78 Å². The van der Waals surface area contributed by atoms with E-state index >= 15 is 0 Å². The number of carbonyl (C=O) groups excluding carboxylic acids is 7. The molecule has 40 heavy (non-hydrogen) atoms. The maximum absolute atomic E-state index is 13.1. The standard InChI is InChI=1S/C26H42ClN5O8/c1-14(2)12-18(20(33)13-27)31-25(38)19-8-7-11-32(19)26(39)17(5)30-24(37)16(4)29-23(36)15(3)28-21(34)9-10-22(35)40-6/h14-19H,7-13H2,1-6H3,(H,28,34)(H,29,36)(H,30,37)(H,31,38)/t15-,16+,17-,18-,19-/m0/s1. The summed E-state index contributed by atoms with van der Waals surface area (Å²) in [7, 11) is 1.20. The smallest absolute Gasteiger partial charge is 0.306 e. The molecule has 0 saturated carbocycles. The second-order valence-corrected chi connectivity index (χ2v) is 10.6. The number of nitrogens with one attached hydrogen (secondary N) is 4. The number of Topliss-reactive ketones (excluding diaryl/α,β-unsaturated/α-hetero) is 1. The number of alkyl halides is 1. The molecule has 0 spiro atoms. The first kappa shape index (κ1) is 34.8. The molecule has 0 aromatic heterocycles. The zero-order chi connectivity index (χ0) is 30.6. The number of methoxy groups -OCH3 is 1. The van der Waals surface area contributed by atoms with Crippen LogP contribution in [0, 0.1) is 5.92 Å². The first-order valence-corrected chi connectivity index (χ1v) is 13.9. The van der Waals surface area contributed by atoms with Crippen molar-refractivity contribution in [3.05, 3.63) is 0 Å². The Bertz CT molecular complexity index is 959. The van der Waals surface area contributed by atoms with Crippen LogP contribution in [0.3, 0.4) is 0 Å². The first-order valence-electron chi connectivity index (χ1n) is 13.4. The lowest BCUT2D eigenvalue weighted by Crippen LogP contribution is -2.57. The van der Waals surface area contributed by atoms with Crippen LogP contribution in [0.15, 0.2) is 0 Å². The van der Waals surface area contributed by atoms with Gasteiger partial charge in [-0.25, -0.2) is 0 Å². The van der Waals surface area contributed by atoms with E-state index in [4.69, 9.17) is 11.6 Å². The van der Waals surface area contributed by atoms with Crippen molar-refractivity contribution in [2.75, 3.05) is 19.5 Å². The van der Waals surface area contributed by atoms with Crippen molar-refractivity contribution in [2.24, 2.45) is 5.92 Å². The number of ether oxygens (including phenoxy) is 1. The van der Waals surface area contributed by atoms with Gasteiger partial charge in [0, 0.05) is 13.0 Å². The summed E-state index contributed by atoms with van der Waals surface area (Å²) < 4.78 is 4.46. The lowest BCUT2D eigenvalue weighted by Gasteiger charge is -2.29. The van der Waals surface area contributed by atoms with Crippen LogP contribution in [0.1, 0.15) is 66.7 Å². The van der Waals surface area contributed by atoms with E-state index in [0.717, 1.165) is 0 Å². The fourth-order valence-corrected chi connectivity index (χ4v) is 4.34. The van der Waals surface area contributed by atoms with Crippen LogP contribution in [0.25, 0.3) is 0 Å². The molecule has 14 heteroatoms. The Kier molecular flexibility index (Phi) is 14.6. The van der Waals surface area contributed by atoms with Crippen LogP contribution >= 0.6 is 11.6 Å². The van der Waals surface area contributed by atoms with E-state index in [9.17, 15) is 33.6 Å². The number of nitrogens with zero attached hydrogens (tertiary/aromatic N) is 1. The average Bonchev–Trinajstić information content (AvgIpc) is 3.39. The van der Waals surface area contributed by atoms with Gasteiger partial charge in [-0.1, -0.05) is 13.8 Å². The van der Waals surface area contributed by atoms with Crippen LogP contribution in [0.4, 0.5) is 0 Å². The third-order valence-corrected chi connectivity index (χ3v) is 6.68. The van der Waals surface area contributed by atoms with E-state index in [1.54, 1.807) is 0 Å². The minimum absolute atomic E-state index is 0.134. The number of hydrogen-bond donors (Lipinski definition) is 4. The Morgan fingerprint density at radius 2 is 1.43 bits per heavy atom. The van der Waals surface area contributed by atoms with Crippen LogP contribution < -0.4 is 21.3 Å². The molecular weight excluding hydrogens is 546 g/mol. The summed E-state index contributed by atoms with van der Waals surface area (Å²) in [5.41, 5.74) is 0. The quantitative estimate of drug-likeness (QED) is 0.150. The molecule has 0 radical (unpaired) electrons. The molecule has 5 amide bonds. The Morgan fingerprint density at radius 3 is 1.98 bits per heavy atom. The number of hydrogen-bond acceptors (Lipinski definition) is 8. The lowest BCUT2D eigenvalue weighted by atomic mass is 10.0. The van der Waals surface area contributed by atoms with Gasteiger partial charge < -0.3 is 30.9 Å². The van der Waals surface area contributed by atoms with Crippen LogP contribution in [-0.2, 0) is 38.3 Å². The van der Waals surface area contributed by atoms with Gasteiger partial charge in [0.25, 0.3) is 0 Å². The Morgan fingerprint density at radius 1 is 0.850 bits per heavy atom. The van der Waals surface area contributed by atoms with Crippen molar-refractivity contribution in [3.63, 3.8) is 0 Å². The largest absolute Gasteiger partial charge is 0.469 e. The SMILES string of the molecule is COC(=O)CCC(=O)N[C@@H](C)C(=O)N[C@H](C)C(=O)N[C@@H](C)C(=O)N1CCC[C@H]1C(=O)N[C@@H](CC(C)C)C(=O)CCl. The predicted molar refractivity (Wildman–Crippen MR) is 146 cm³/mol. The molecule has 0 aromatic carbocycles. The molecule has 0 aromatic rings. The molecule has 1 fully saturated rings. The molecule has 226 valence electrons. The molecule has 0 unspecified atom stereocenters. The molecule has 0 aliphatic carbocycles. The summed E-state index contributed by atoms with van der Waals surface area (Å²) in [6.07, 6.45) is 1.13. The minimum Gasteiger partial charge on any atom is -0.469 e. The normalized spacial score (nSPS) is 17.7. The summed E-state index contributed by atoms with van der Waals surface area (Å²) in [5, 5.41) is 10.2. The van der Waals surface area contributed by atoms with Gasteiger partial charge in [0.1, 0.15) is 24.2 Å². The number of rotatable bonds is 15. The average molecular weight is 588 g/mol. The highest BCUT2D eigenvalue weighted by Crippen LogP contribution is 2.19. The van der Waals surface area contributed by atoms with Crippen molar-refractivity contribution in [1.29, 1.82) is 0 Å². The monoisotopic (exact) mass is 587 g/mol. The number of carbonyl (C=O) groups is 7. The van der Waals surface area contributed by atoms with Gasteiger partial charge >= 0.3 is 5.97 Å². The predicted octanol–water partition coefficient (Wildman–Crippen LogP) is -0.216. The maximum Gasteiger partial charge on any atom is 0.306 e. The van der Waals surface area contributed by atoms with E-state index in [2.05, 4.69) is 26.0 Å². The van der Waals surface area contributed by atoms with E-state index < -0.39 is 65.7 Å². The van der Waals surface area contributed by atoms with Crippen LogP contribution in [-0.4, -0.2) is 95.9 Å². The zero-order valence-corrected chi connectivity index (χ0v) is 24.8. The summed E-state index contributed by atoms with van der Waals surface area (Å²) in [6, 6.07) is -4.54. The highest BCUT2D eigenvalue weighted by Gasteiger charge is 2.38. The molecule has 1 saturated heterocycles. The molecular formula is C26H42ClN5O8. The third kappa shape index (κ3) is 11.1. The summed E-state index contributed by atoms with van der Waals surface area (Å²) in [6.45, 7) is 8.48. The fourth-order valence-electron chi connectivity index (χ4n) is 4.16. The van der Waals surface area contributed by atoms with Crippen LogP contribution in [0.2, 0.25) is 0 Å². The van der Waals surface area contributed by atoms with E-state index in [1.807, 2.05) is 13.8 Å². The minimum atomic E-state index is -1.03. The molecule has 1 rings (SSSR count). The lowest BCUT2D eigenvalue weighted by molar-refractivity contribution is -0.142. The Hall–Kier alpha value is -3.22. The fraction of sp³-hybridized carbons (Fsp3) is 0.731. The van der Waals surface area contributed by atoms with Gasteiger partial charge in [-0.2, -0.15) is 0 Å². The number of amides is 5. The van der Waals surface area contributed by atoms with E-state index in [1.165, 1.54) is 32.8 Å². The molecule has 1 aliphatic heterocycles. The molecule has 4 N–H and O–H groups in total. The van der Waals surface area contributed by atoms with Crippen molar-refractivity contribution in [3.8, 4) is 0 Å².